The monoisotopic (exact) mass is 413 g/mol. The molecule has 3 rings (SSSR count). The summed E-state index contributed by atoms with van der Waals surface area (Å²) in [5.74, 6) is -0.763. The van der Waals surface area contributed by atoms with Gasteiger partial charge in [-0.2, -0.15) is 0 Å². The fourth-order valence-electron chi connectivity index (χ4n) is 3.61. The summed E-state index contributed by atoms with van der Waals surface area (Å²) in [6.45, 7) is 6.45. The van der Waals surface area contributed by atoms with E-state index >= 15 is 0 Å². The molecule has 1 aromatic carbocycles. The van der Waals surface area contributed by atoms with E-state index in [0.717, 1.165) is 5.56 Å². The first-order valence-corrected chi connectivity index (χ1v) is 9.94. The predicted octanol–water partition coefficient (Wildman–Crippen LogP) is 0.989. The van der Waals surface area contributed by atoms with Crippen molar-refractivity contribution in [2.75, 3.05) is 26.2 Å². The van der Waals surface area contributed by atoms with Gasteiger partial charge in [0.05, 0.1) is 5.69 Å². The molecule has 1 aliphatic heterocycles. The van der Waals surface area contributed by atoms with Gasteiger partial charge in [0.2, 0.25) is 0 Å². The van der Waals surface area contributed by atoms with Crippen LogP contribution in [0.4, 0.5) is 0 Å². The molecule has 0 saturated carbocycles. The van der Waals surface area contributed by atoms with E-state index in [2.05, 4.69) is 10.5 Å². The number of carbonyl (C=O) groups is 3. The second kappa shape index (κ2) is 9.08. The molecule has 9 nitrogen and oxygen atoms in total. The van der Waals surface area contributed by atoms with E-state index in [4.69, 9.17) is 10.3 Å². The van der Waals surface area contributed by atoms with Crippen molar-refractivity contribution in [1.82, 2.24) is 20.3 Å². The van der Waals surface area contributed by atoms with E-state index in [9.17, 15) is 14.4 Å². The largest absolute Gasteiger partial charge is 0.361 e. The summed E-state index contributed by atoms with van der Waals surface area (Å²) in [6.07, 6.45) is -0.534. The fraction of sp³-hybridized carbons (Fsp3) is 0.429. The Bertz CT molecular complexity index is 918. The van der Waals surface area contributed by atoms with Crippen molar-refractivity contribution in [2.24, 2.45) is 5.73 Å². The topological polar surface area (TPSA) is 122 Å². The van der Waals surface area contributed by atoms with E-state index in [1.807, 2.05) is 19.1 Å². The zero-order valence-electron chi connectivity index (χ0n) is 17.5. The van der Waals surface area contributed by atoms with Gasteiger partial charge < -0.3 is 25.4 Å². The molecular weight excluding hydrogens is 386 g/mol. The second-order valence-electron chi connectivity index (χ2n) is 7.37. The van der Waals surface area contributed by atoms with Crippen LogP contribution >= 0.6 is 0 Å². The number of nitrogens with one attached hydrogen (secondary N) is 1. The first-order valence-electron chi connectivity index (χ1n) is 9.94. The Balaban J connectivity index is 1.97. The lowest BCUT2D eigenvalue weighted by Crippen LogP contribution is -2.63. The second-order valence-corrected chi connectivity index (χ2v) is 7.37. The minimum atomic E-state index is -1.08. The summed E-state index contributed by atoms with van der Waals surface area (Å²) in [5, 5.41) is 6.56. The highest BCUT2D eigenvalue weighted by atomic mass is 16.5. The van der Waals surface area contributed by atoms with Crippen molar-refractivity contribution in [3.63, 3.8) is 0 Å². The molecule has 0 radical (unpaired) electrons. The van der Waals surface area contributed by atoms with Gasteiger partial charge >= 0.3 is 0 Å². The molecule has 0 aliphatic carbocycles. The van der Waals surface area contributed by atoms with Gasteiger partial charge in [-0.3, -0.25) is 14.4 Å². The van der Waals surface area contributed by atoms with Crippen LogP contribution in [0.25, 0.3) is 0 Å². The lowest BCUT2D eigenvalue weighted by molar-refractivity contribution is -0.132. The Kier molecular flexibility index (Phi) is 6.51. The number of hydrogen-bond donors (Lipinski definition) is 2. The van der Waals surface area contributed by atoms with Crippen molar-refractivity contribution in [1.29, 1.82) is 0 Å². The van der Waals surface area contributed by atoms with Crippen LogP contribution < -0.4 is 11.1 Å². The molecular formula is C21H27N5O4. The summed E-state index contributed by atoms with van der Waals surface area (Å²) in [5.41, 5.74) is 7.77. The lowest BCUT2D eigenvalue weighted by Gasteiger charge is -2.42. The van der Waals surface area contributed by atoms with Gasteiger partial charge in [-0.1, -0.05) is 22.9 Å². The molecule has 2 heterocycles. The minimum absolute atomic E-state index is 0.245. The molecule has 1 aromatic heterocycles. The third-order valence-electron chi connectivity index (χ3n) is 5.13. The van der Waals surface area contributed by atoms with Crippen LogP contribution in [-0.4, -0.2) is 65.0 Å². The van der Waals surface area contributed by atoms with E-state index in [0.29, 0.717) is 42.1 Å². The van der Waals surface area contributed by atoms with Crippen molar-refractivity contribution < 1.29 is 18.9 Å². The molecule has 3 amide bonds. The van der Waals surface area contributed by atoms with Gasteiger partial charge in [-0.15, -0.1) is 0 Å². The van der Waals surface area contributed by atoms with Crippen LogP contribution in [0.2, 0.25) is 0 Å². The van der Waals surface area contributed by atoms with Crippen molar-refractivity contribution in [3.05, 3.63) is 52.4 Å². The van der Waals surface area contributed by atoms with Crippen LogP contribution in [0.1, 0.15) is 44.2 Å². The van der Waals surface area contributed by atoms with Crippen LogP contribution in [0, 0.1) is 20.8 Å². The lowest BCUT2D eigenvalue weighted by atomic mass is 10.1. The van der Waals surface area contributed by atoms with Crippen LogP contribution in [-0.2, 0) is 4.79 Å². The number of hydrogen-bond acceptors (Lipinski definition) is 6. The summed E-state index contributed by atoms with van der Waals surface area (Å²) in [6, 6.07) is 7.13. The molecule has 2 aromatic rings. The highest BCUT2D eigenvalue weighted by Gasteiger charge is 2.41. The highest BCUT2D eigenvalue weighted by molar-refractivity contribution is 6.02. The zero-order valence-corrected chi connectivity index (χ0v) is 17.5. The van der Waals surface area contributed by atoms with Gasteiger partial charge in [0.25, 0.3) is 17.7 Å². The molecule has 1 fully saturated rings. The maximum absolute atomic E-state index is 13.3. The molecule has 9 heteroatoms. The Morgan fingerprint density at radius 3 is 2.30 bits per heavy atom. The number of rotatable bonds is 5. The van der Waals surface area contributed by atoms with Crippen molar-refractivity contribution >= 4 is 17.7 Å². The molecule has 1 aliphatic rings. The Labute approximate surface area is 175 Å². The van der Waals surface area contributed by atoms with E-state index < -0.39 is 12.1 Å². The maximum atomic E-state index is 13.3. The molecule has 160 valence electrons. The standard InChI is InChI=1S/C21H27N5O4/c1-13-5-7-16(8-6-13)20(28)25-11-4-12-26(19(25)18(27)23-10-9-22)21(29)17-14(2)24-30-15(17)3/h5-8,19H,4,9-12,22H2,1-3H3,(H,23,27). The van der Waals surface area contributed by atoms with Gasteiger partial charge in [-0.25, -0.2) is 0 Å². The number of carbonyl (C=O) groups excluding carboxylic acids is 3. The fourth-order valence-corrected chi connectivity index (χ4v) is 3.61. The van der Waals surface area contributed by atoms with E-state index in [1.54, 1.807) is 26.0 Å². The number of benzene rings is 1. The Hall–Kier alpha value is -3.20. The quantitative estimate of drug-likeness (QED) is 0.754. The van der Waals surface area contributed by atoms with Crippen LogP contribution in [0.3, 0.4) is 0 Å². The third kappa shape index (κ3) is 4.20. The van der Waals surface area contributed by atoms with E-state index in [-0.39, 0.29) is 24.9 Å². The average Bonchev–Trinajstić information content (AvgIpc) is 3.09. The van der Waals surface area contributed by atoms with Crippen LogP contribution in [0.5, 0.6) is 0 Å². The smallest absolute Gasteiger partial charge is 0.263 e. The van der Waals surface area contributed by atoms with Gasteiger partial charge in [0.1, 0.15) is 11.3 Å². The zero-order chi connectivity index (χ0) is 21.8. The summed E-state index contributed by atoms with van der Waals surface area (Å²) in [7, 11) is 0. The SMILES string of the molecule is Cc1ccc(C(=O)N2CCCN(C(=O)c3c(C)noc3C)C2C(=O)NCCN)cc1. The van der Waals surface area contributed by atoms with E-state index in [1.165, 1.54) is 9.80 Å². The summed E-state index contributed by atoms with van der Waals surface area (Å²) >= 11 is 0. The number of aromatic nitrogens is 1. The molecule has 0 spiro atoms. The molecule has 3 N–H and O–H groups in total. The highest BCUT2D eigenvalue weighted by Crippen LogP contribution is 2.23. The maximum Gasteiger partial charge on any atom is 0.263 e. The van der Waals surface area contributed by atoms with Gasteiger partial charge in [0.15, 0.2) is 6.17 Å². The van der Waals surface area contributed by atoms with Crippen molar-refractivity contribution in [2.45, 2.75) is 33.4 Å². The van der Waals surface area contributed by atoms with Gasteiger partial charge in [0, 0.05) is 31.7 Å². The number of aryl methyl sites for hydroxylation is 3. The van der Waals surface area contributed by atoms with Crippen molar-refractivity contribution in [3.8, 4) is 0 Å². The van der Waals surface area contributed by atoms with Crippen LogP contribution in [0.15, 0.2) is 28.8 Å². The Morgan fingerprint density at radius 1 is 1.10 bits per heavy atom. The van der Waals surface area contributed by atoms with Gasteiger partial charge in [-0.05, 0) is 39.3 Å². The molecule has 1 atom stereocenters. The average molecular weight is 413 g/mol. The predicted molar refractivity (Wildman–Crippen MR) is 110 cm³/mol. The Morgan fingerprint density at radius 2 is 1.73 bits per heavy atom. The summed E-state index contributed by atoms with van der Waals surface area (Å²) in [4.78, 5) is 42.4. The number of nitrogens with zero attached hydrogens (tertiary/aromatic N) is 3. The first kappa shape index (κ1) is 21.5. The molecule has 0 bridgehead atoms. The molecule has 30 heavy (non-hydrogen) atoms. The summed E-state index contributed by atoms with van der Waals surface area (Å²) < 4.78 is 5.13. The molecule has 1 unspecified atom stereocenters. The normalized spacial score (nSPS) is 16.5. The number of amides is 3. The number of nitrogens with two attached hydrogens (primary N) is 1. The molecule has 1 saturated heterocycles. The minimum Gasteiger partial charge on any atom is -0.361 e. The first-order chi connectivity index (χ1) is 14.3. The third-order valence-corrected chi connectivity index (χ3v) is 5.13.